The normalized spacial score (nSPS) is 17.4. The Morgan fingerprint density at radius 1 is 1.39 bits per heavy atom. The summed E-state index contributed by atoms with van der Waals surface area (Å²) in [6.07, 6.45) is -0.0140. The Balaban J connectivity index is 2.06. The van der Waals surface area contributed by atoms with Gasteiger partial charge in [0.25, 0.3) is 5.69 Å². The molecule has 1 saturated heterocycles. The number of carbonyl (C=O) groups is 3. The maximum atomic E-state index is 12.3. The Bertz CT molecular complexity index is 645. The van der Waals surface area contributed by atoms with Gasteiger partial charge in [-0.2, -0.15) is 0 Å². The molecule has 1 aromatic carbocycles. The fraction of sp³-hybridized carbons (Fsp3) is 0.357. The number of non-ortho nitro benzene ring substituents is 1. The van der Waals surface area contributed by atoms with Crippen molar-refractivity contribution in [1.82, 2.24) is 0 Å². The van der Waals surface area contributed by atoms with Gasteiger partial charge in [-0.1, -0.05) is 0 Å². The highest BCUT2D eigenvalue weighted by atomic mass is 32.2. The van der Waals surface area contributed by atoms with Crippen LogP contribution in [0.4, 0.5) is 11.4 Å². The summed E-state index contributed by atoms with van der Waals surface area (Å²) in [6, 6.07) is 5.17. The maximum absolute atomic E-state index is 12.3. The molecule has 0 saturated carbocycles. The maximum Gasteiger partial charge on any atom is 0.315 e. The SMILES string of the molecule is CCOC(=O)CSC1CC(=O)N(c2ccc([N+](=O)[O-])cc2)C1=O. The number of hydrogen-bond acceptors (Lipinski definition) is 7. The number of benzene rings is 1. The van der Waals surface area contributed by atoms with Crippen LogP contribution in [0.1, 0.15) is 13.3 Å². The van der Waals surface area contributed by atoms with E-state index in [4.69, 9.17) is 4.74 Å². The van der Waals surface area contributed by atoms with Gasteiger partial charge < -0.3 is 4.74 Å². The molecule has 1 aliphatic heterocycles. The average Bonchev–Trinajstić information content (AvgIpc) is 2.80. The Kier molecular flexibility index (Phi) is 5.32. The minimum absolute atomic E-state index is 0.00831. The Hall–Kier alpha value is -2.42. The number of nitro benzene ring substituents is 1. The Morgan fingerprint density at radius 3 is 2.61 bits per heavy atom. The molecule has 2 rings (SSSR count). The van der Waals surface area contributed by atoms with Crippen molar-refractivity contribution in [1.29, 1.82) is 0 Å². The number of imide groups is 1. The molecule has 1 heterocycles. The number of rotatable bonds is 6. The first-order valence-corrected chi connectivity index (χ1v) is 7.87. The van der Waals surface area contributed by atoms with E-state index in [1.165, 1.54) is 24.3 Å². The zero-order valence-corrected chi connectivity index (χ0v) is 13.1. The van der Waals surface area contributed by atoms with Gasteiger partial charge in [0.05, 0.1) is 28.2 Å². The molecule has 2 amide bonds. The zero-order chi connectivity index (χ0) is 17.0. The van der Waals surface area contributed by atoms with Gasteiger partial charge in [-0.05, 0) is 19.1 Å². The smallest absolute Gasteiger partial charge is 0.315 e. The van der Waals surface area contributed by atoms with E-state index >= 15 is 0 Å². The molecule has 122 valence electrons. The van der Waals surface area contributed by atoms with Crippen LogP contribution in [-0.4, -0.2) is 40.3 Å². The molecule has 0 aliphatic carbocycles. The number of amides is 2. The highest BCUT2D eigenvalue weighted by Gasteiger charge is 2.40. The highest BCUT2D eigenvalue weighted by molar-refractivity contribution is 8.01. The number of esters is 1. The van der Waals surface area contributed by atoms with Crippen molar-refractivity contribution in [3.05, 3.63) is 34.4 Å². The van der Waals surface area contributed by atoms with E-state index in [2.05, 4.69) is 0 Å². The summed E-state index contributed by atoms with van der Waals surface area (Å²) in [6.45, 7) is 1.94. The monoisotopic (exact) mass is 338 g/mol. The summed E-state index contributed by atoms with van der Waals surface area (Å²) >= 11 is 1.06. The lowest BCUT2D eigenvalue weighted by atomic mass is 10.2. The van der Waals surface area contributed by atoms with Gasteiger partial charge in [-0.15, -0.1) is 11.8 Å². The lowest BCUT2D eigenvalue weighted by Crippen LogP contribution is -2.31. The molecule has 23 heavy (non-hydrogen) atoms. The van der Waals surface area contributed by atoms with Crippen molar-refractivity contribution in [2.45, 2.75) is 18.6 Å². The van der Waals surface area contributed by atoms with E-state index in [-0.39, 0.29) is 30.2 Å². The molecule has 1 fully saturated rings. The molecule has 0 radical (unpaired) electrons. The van der Waals surface area contributed by atoms with Gasteiger partial charge in [-0.3, -0.25) is 24.5 Å². The minimum Gasteiger partial charge on any atom is -0.465 e. The first-order chi connectivity index (χ1) is 10.9. The van der Waals surface area contributed by atoms with Gasteiger partial charge in [0.1, 0.15) is 0 Å². The number of nitrogens with zero attached hydrogens (tertiary/aromatic N) is 2. The topological polar surface area (TPSA) is 107 Å². The second kappa shape index (κ2) is 7.23. The van der Waals surface area contributed by atoms with Crippen LogP contribution >= 0.6 is 11.8 Å². The van der Waals surface area contributed by atoms with Crippen molar-refractivity contribution in [3.63, 3.8) is 0 Å². The Labute approximate surface area is 135 Å². The summed E-state index contributed by atoms with van der Waals surface area (Å²) in [5, 5.41) is 9.98. The van der Waals surface area contributed by atoms with Crippen LogP contribution in [0.25, 0.3) is 0 Å². The van der Waals surface area contributed by atoms with Crippen molar-refractivity contribution in [2.75, 3.05) is 17.3 Å². The molecule has 8 nitrogen and oxygen atoms in total. The molecule has 9 heteroatoms. The molecule has 0 bridgehead atoms. The van der Waals surface area contributed by atoms with Crippen LogP contribution in [0.5, 0.6) is 0 Å². The van der Waals surface area contributed by atoms with E-state index in [1.807, 2.05) is 0 Å². The molecular weight excluding hydrogens is 324 g/mol. The number of nitro groups is 1. The predicted molar refractivity (Wildman–Crippen MR) is 83.1 cm³/mol. The number of carbonyl (C=O) groups excluding carboxylic acids is 3. The lowest BCUT2D eigenvalue weighted by Gasteiger charge is -2.14. The molecule has 1 aromatic rings. The van der Waals surface area contributed by atoms with Gasteiger partial charge >= 0.3 is 5.97 Å². The highest BCUT2D eigenvalue weighted by Crippen LogP contribution is 2.30. The minimum atomic E-state index is -0.651. The van der Waals surface area contributed by atoms with Crippen molar-refractivity contribution in [3.8, 4) is 0 Å². The van der Waals surface area contributed by atoms with Gasteiger partial charge in [0.2, 0.25) is 11.8 Å². The second-order valence-electron chi connectivity index (χ2n) is 4.65. The quantitative estimate of drug-likeness (QED) is 0.335. The predicted octanol–water partition coefficient (Wildman–Crippen LogP) is 1.52. The Morgan fingerprint density at radius 2 is 2.04 bits per heavy atom. The number of anilines is 1. The third-order valence-electron chi connectivity index (χ3n) is 3.13. The van der Waals surface area contributed by atoms with Crippen LogP contribution in [0.2, 0.25) is 0 Å². The van der Waals surface area contributed by atoms with Crippen LogP contribution in [0.3, 0.4) is 0 Å². The van der Waals surface area contributed by atoms with E-state index in [1.54, 1.807) is 6.92 Å². The van der Waals surface area contributed by atoms with Crippen LogP contribution < -0.4 is 4.90 Å². The largest absolute Gasteiger partial charge is 0.465 e. The fourth-order valence-electron chi connectivity index (χ4n) is 2.10. The zero-order valence-electron chi connectivity index (χ0n) is 12.3. The summed E-state index contributed by atoms with van der Waals surface area (Å²) in [5.41, 5.74) is 0.158. The summed E-state index contributed by atoms with van der Waals surface area (Å²) in [4.78, 5) is 46.7. The van der Waals surface area contributed by atoms with Gasteiger partial charge in [0.15, 0.2) is 0 Å². The van der Waals surface area contributed by atoms with Crippen molar-refractivity contribution in [2.24, 2.45) is 0 Å². The average molecular weight is 338 g/mol. The summed E-state index contributed by atoms with van der Waals surface area (Å²) in [7, 11) is 0. The van der Waals surface area contributed by atoms with Crippen molar-refractivity contribution < 1.29 is 24.0 Å². The first-order valence-electron chi connectivity index (χ1n) is 6.82. The van der Waals surface area contributed by atoms with E-state index in [0.717, 1.165) is 16.7 Å². The third kappa shape index (κ3) is 3.86. The molecule has 1 atom stereocenters. The molecule has 0 N–H and O–H groups in total. The molecule has 1 aliphatic rings. The summed E-state index contributed by atoms with van der Waals surface area (Å²) < 4.78 is 4.78. The summed E-state index contributed by atoms with van der Waals surface area (Å²) in [5.74, 6) is -1.28. The number of thioether (sulfide) groups is 1. The number of ether oxygens (including phenoxy) is 1. The third-order valence-corrected chi connectivity index (χ3v) is 4.30. The molecule has 0 aromatic heterocycles. The first kappa shape index (κ1) is 16.9. The molecule has 0 spiro atoms. The molecular formula is C14H14N2O6S. The van der Waals surface area contributed by atoms with E-state index in [9.17, 15) is 24.5 Å². The fourth-order valence-corrected chi connectivity index (χ4v) is 3.03. The second-order valence-corrected chi connectivity index (χ2v) is 5.84. The standard InChI is InChI=1S/C14H14N2O6S/c1-2-22-13(18)8-23-11-7-12(17)15(14(11)19)9-3-5-10(6-4-9)16(20)21/h3-6,11H,2,7-8H2,1H3. The van der Waals surface area contributed by atoms with E-state index < -0.39 is 28.0 Å². The van der Waals surface area contributed by atoms with Crippen LogP contribution in [0, 0.1) is 10.1 Å². The van der Waals surface area contributed by atoms with Gasteiger partial charge in [0, 0.05) is 18.6 Å². The van der Waals surface area contributed by atoms with Gasteiger partial charge in [-0.25, -0.2) is 4.90 Å². The number of hydrogen-bond donors (Lipinski definition) is 0. The van der Waals surface area contributed by atoms with E-state index in [0.29, 0.717) is 0 Å². The molecule has 1 unspecified atom stereocenters. The van der Waals surface area contributed by atoms with Crippen molar-refractivity contribution >= 4 is 40.9 Å². The van der Waals surface area contributed by atoms with Crippen LogP contribution in [-0.2, 0) is 19.1 Å². The van der Waals surface area contributed by atoms with Crippen LogP contribution in [0.15, 0.2) is 24.3 Å². The lowest BCUT2D eigenvalue weighted by molar-refractivity contribution is -0.384.